The highest BCUT2D eigenvalue weighted by Gasteiger charge is 2.16. The number of amides is 1. The summed E-state index contributed by atoms with van der Waals surface area (Å²) in [5.41, 5.74) is 9.47. The van der Waals surface area contributed by atoms with E-state index in [0.717, 1.165) is 22.6 Å². The fourth-order valence-electron chi connectivity index (χ4n) is 2.79. The van der Waals surface area contributed by atoms with Crippen LogP contribution in [0.5, 0.6) is 0 Å². The third kappa shape index (κ3) is 3.72. The van der Waals surface area contributed by atoms with E-state index < -0.39 is 0 Å². The molecule has 0 aliphatic rings. The summed E-state index contributed by atoms with van der Waals surface area (Å²) in [6, 6.07) is 30.9. The van der Waals surface area contributed by atoms with Crippen molar-refractivity contribution in [1.29, 1.82) is 0 Å². The van der Waals surface area contributed by atoms with Crippen molar-refractivity contribution in [3.8, 4) is 16.9 Å². The van der Waals surface area contributed by atoms with Crippen molar-refractivity contribution in [3.05, 3.63) is 103 Å². The molecule has 0 fully saturated rings. The van der Waals surface area contributed by atoms with E-state index in [0.29, 0.717) is 5.69 Å². The summed E-state index contributed by atoms with van der Waals surface area (Å²) in [7, 11) is 0. The summed E-state index contributed by atoms with van der Waals surface area (Å²) < 4.78 is 1.78. The Morgan fingerprint density at radius 3 is 2.04 bits per heavy atom. The summed E-state index contributed by atoms with van der Waals surface area (Å²) in [6.07, 6.45) is 0. The summed E-state index contributed by atoms with van der Waals surface area (Å²) in [5.74, 6) is -0.300. The van der Waals surface area contributed by atoms with Crippen molar-refractivity contribution in [1.82, 2.24) is 15.2 Å². The molecule has 132 valence electrons. The Hall–Kier alpha value is -3.86. The molecule has 27 heavy (non-hydrogen) atoms. The number of hydrogen-bond donors (Lipinski definition) is 2. The molecule has 3 aromatic carbocycles. The molecule has 0 saturated heterocycles. The Labute approximate surface area is 157 Å². The van der Waals surface area contributed by atoms with Crippen LogP contribution in [-0.4, -0.2) is 15.7 Å². The van der Waals surface area contributed by atoms with Gasteiger partial charge in [0.2, 0.25) is 0 Å². The number of rotatable bonds is 5. The number of nitrogens with zero attached hydrogens (tertiary/aromatic N) is 2. The van der Waals surface area contributed by atoms with E-state index in [1.807, 2.05) is 91.0 Å². The first-order valence-corrected chi connectivity index (χ1v) is 8.63. The van der Waals surface area contributed by atoms with Gasteiger partial charge in [0.05, 0.1) is 17.1 Å². The second-order valence-corrected chi connectivity index (χ2v) is 5.97. The SMILES string of the molecule is O=C(NNc1ccccc1)c1cc(-c2ccccc2)n(-c2ccccc2)n1. The quantitative estimate of drug-likeness (QED) is 0.526. The average molecular weight is 354 g/mol. The van der Waals surface area contributed by atoms with E-state index in [1.165, 1.54) is 0 Å². The van der Waals surface area contributed by atoms with Gasteiger partial charge in [-0.2, -0.15) is 5.10 Å². The van der Waals surface area contributed by atoms with Gasteiger partial charge in [-0.1, -0.05) is 66.7 Å². The molecule has 0 spiro atoms. The third-order valence-corrected chi connectivity index (χ3v) is 4.11. The Bertz CT molecular complexity index is 971. The largest absolute Gasteiger partial charge is 0.298 e. The number of anilines is 1. The summed E-state index contributed by atoms with van der Waals surface area (Å²) in [5, 5.41) is 4.53. The Kier molecular flexibility index (Phi) is 4.66. The lowest BCUT2D eigenvalue weighted by molar-refractivity contribution is 0.0957. The van der Waals surface area contributed by atoms with Gasteiger partial charge in [-0.3, -0.25) is 15.6 Å². The van der Waals surface area contributed by atoms with Crippen LogP contribution >= 0.6 is 0 Å². The van der Waals surface area contributed by atoms with Crippen LogP contribution in [0.1, 0.15) is 10.5 Å². The Morgan fingerprint density at radius 1 is 0.778 bits per heavy atom. The van der Waals surface area contributed by atoms with Gasteiger partial charge in [0.25, 0.3) is 5.91 Å². The van der Waals surface area contributed by atoms with E-state index in [2.05, 4.69) is 16.0 Å². The second-order valence-electron chi connectivity index (χ2n) is 5.97. The average Bonchev–Trinajstić information content (AvgIpc) is 3.20. The molecule has 1 amide bonds. The molecule has 5 heteroatoms. The van der Waals surface area contributed by atoms with Gasteiger partial charge in [0, 0.05) is 5.56 Å². The topological polar surface area (TPSA) is 59.0 Å². The maximum absolute atomic E-state index is 12.6. The van der Waals surface area contributed by atoms with E-state index in [9.17, 15) is 4.79 Å². The number of nitrogens with one attached hydrogen (secondary N) is 2. The number of hydrazine groups is 1. The van der Waals surface area contributed by atoms with E-state index in [4.69, 9.17) is 0 Å². The highest BCUT2D eigenvalue weighted by molar-refractivity contribution is 5.94. The van der Waals surface area contributed by atoms with Crippen LogP contribution in [0.4, 0.5) is 5.69 Å². The van der Waals surface area contributed by atoms with Crippen molar-refractivity contribution < 1.29 is 4.79 Å². The number of carbonyl (C=O) groups is 1. The molecular formula is C22H18N4O. The first-order valence-electron chi connectivity index (χ1n) is 8.63. The molecule has 0 unspecified atom stereocenters. The molecule has 0 saturated carbocycles. The van der Waals surface area contributed by atoms with Crippen molar-refractivity contribution in [2.24, 2.45) is 0 Å². The van der Waals surface area contributed by atoms with E-state index in [-0.39, 0.29) is 5.91 Å². The van der Waals surface area contributed by atoms with Gasteiger partial charge >= 0.3 is 0 Å². The molecule has 4 aromatic rings. The number of aromatic nitrogens is 2. The minimum absolute atomic E-state index is 0.300. The molecule has 2 N–H and O–H groups in total. The minimum Gasteiger partial charge on any atom is -0.298 e. The predicted octanol–water partition coefficient (Wildman–Crippen LogP) is 4.30. The van der Waals surface area contributed by atoms with E-state index in [1.54, 1.807) is 10.7 Å². The van der Waals surface area contributed by atoms with Gasteiger partial charge in [-0.25, -0.2) is 4.68 Å². The lowest BCUT2D eigenvalue weighted by atomic mass is 10.1. The van der Waals surface area contributed by atoms with E-state index >= 15 is 0 Å². The van der Waals surface area contributed by atoms with Crippen molar-refractivity contribution >= 4 is 11.6 Å². The Morgan fingerprint density at radius 2 is 1.37 bits per heavy atom. The highest BCUT2D eigenvalue weighted by atomic mass is 16.2. The van der Waals surface area contributed by atoms with Crippen LogP contribution in [0, 0.1) is 0 Å². The highest BCUT2D eigenvalue weighted by Crippen LogP contribution is 2.24. The standard InChI is InChI=1S/C22H18N4O/c27-22(24-23-18-12-6-2-7-13-18)20-16-21(17-10-4-1-5-11-17)26(25-20)19-14-8-3-9-15-19/h1-16,23H,(H,24,27). The minimum atomic E-state index is -0.300. The molecule has 1 heterocycles. The zero-order valence-electron chi connectivity index (χ0n) is 14.5. The van der Waals surface area contributed by atoms with Crippen LogP contribution in [0.25, 0.3) is 16.9 Å². The maximum Gasteiger partial charge on any atom is 0.290 e. The molecule has 0 atom stereocenters. The van der Waals surface area contributed by atoms with Crippen LogP contribution in [0.15, 0.2) is 97.1 Å². The van der Waals surface area contributed by atoms with Crippen molar-refractivity contribution in [2.45, 2.75) is 0 Å². The lowest BCUT2D eigenvalue weighted by Gasteiger charge is -2.07. The first-order chi connectivity index (χ1) is 13.3. The predicted molar refractivity (Wildman–Crippen MR) is 107 cm³/mol. The molecule has 5 nitrogen and oxygen atoms in total. The van der Waals surface area contributed by atoms with Gasteiger partial charge in [0.1, 0.15) is 0 Å². The summed E-state index contributed by atoms with van der Waals surface area (Å²) >= 11 is 0. The maximum atomic E-state index is 12.6. The molecular weight excluding hydrogens is 336 g/mol. The summed E-state index contributed by atoms with van der Waals surface area (Å²) in [6.45, 7) is 0. The molecule has 4 rings (SSSR count). The van der Waals surface area contributed by atoms with Gasteiger partial charge in [0.15, 0.2) is 5.69 Å². The second kappa shape index (κ2) is 7.58. The number of carbonyl (C=O) groups excluding carboxylic acids is 1. The van der Waals surface area contributed by atoms with Gasteiger partial charge in [-0.15, -0.1) is 0 Å². The third-order valence-electron chi connectivity index (χ3n) is 4.11. The van der Waals surface area contributed by atoms with Gasteiger partial charge < -0.3 is 0 Å². The zero-order chi connectivity index (χ0) is 18.5. The number of hydrogen-bond acceptors (Lipinski definition) is 3. The van der Waals surface area contributed by atoms with Crippen LogP contribution < -0.4 is 10.9 Å². The monoisotopic (exact) mass is 354 g/mol. The fourth-order valence-corrected chi connectivity index (χ4v) is 2.79. The smallest absolute Gasteiger partial charge is 0.290 e. The molecule has 0 aliphatic heterocycles. The molecule has 0 aliphatic carbocycles. The van der Waals surface area contributed by atoms with Crippen LogP contribution in [0.3, 0.4) is 0 Å². The Balaban J connectivity index is 1.66. The normalized spacial score (nSPS) is 10.4. The first kappa shape index (κ1) is 16.6. The molecule has 1 aromatic heterocycles. The lowest BCUT2D eigenvalue weighted by Crippen LogP contribution is -2.29. The fraction of sp³-hybridized carbons (Fsp3) is 0. The zero-order valence-corrected chi connectivity index (χ0v) is 14.5. The summed E-state index contributed by atoms with van der Waals surface area (Å²) in [4.78, 5) is 12.6. The molecule has 0 bridgehead atoms. The van der Waals surface area contributed by atoms with Crippen molar-refractivity contribution in [2.75, 3.05) is 5.43 Å². The molecule has 0 radical (unpaired) electrons. The van der Waals surface area contributed by atoms with Gasteiger partial charge in [-0.05, 0) is 30.3 Å². The number of para-hydroxylation sites is 2. The van der Waals surface area contributed by atoms with Crippen LogP contribution in [0.2, 0.25) is 0 Å². The van der Waals surface area contributed by atoms with Crippen molar-refractivity contribution in [3.63, 3.8) is 0 Å². The van der Waals surface area contributed by atoms with Crippen LogP contribution in [-0.2, 0) is 0 Å². The number of benzene rings is 3.